The van der Waals surface area contributed by atoms with Crippen LogP contribution in [-0.2, 0) is 24.2 Å². The van der Waals surface area contributed by atoms with E-state index >= 15 is 0 Å². The van der Waals surface area contributed by atoms with Gasteiger partial charge in [0, 0.05) is 23.7 Å². The van der Waals surface area contributed by atoms with Gasteiger partial charge in [-0.15, -0.1) is 0 Å². The third kappa shape index (κ3) is 4.46. The van der Waals surface area contributed by atoms with Gasteiger partial charge in [-0.3, -0.25) is 9.69 Å². The minimum Gasteiger partial charge on any atom is -0.423 e. The van der Waals surface area contributed by atoms with Crippen LogP contribution in [0.1, 0.15) is 42.0 Å². The Morgan fingerprint density at radius 2 is 1.90 bits per heavy atom. The summed E-state index contributed by atoms with van der Waals surface area (Å²) >= 11 is 0. The first-order chi connectivity index (χ1) is 14.5. The van der Waals surface area contributed by atoms with Gasteiger partial charge in [0.2, 0.25) is 5.91 Å². The second-order valence-electron chi connectivity index (χ2n) is 8.14. The number of fused-ring (bicyclic) bond motifs is 2. The Morgan fingerprint density at radius 1 is 1.13 bits per heavy atom. The summed E-state index contributed by atoms with van der Waals surface area (Å²) < 4.78 is 5.49. The molecule has 5 heteroatoms. The van der Waals surface area contributed by atoms with Gasteiger partial charge < -0.3 is 9.73 Å². The van der Waals surface area contributed by atoms with Crippen molar-refractivity contribution < 1.29 is 9.21 Å². The van der Waals surface area contributed by atoms with E-state index < -0.39 is 0 Å². The smallest absolute Gasteiger partial charge is 0.336 e. The molecule has 0 aliphatic heterocycles. The highest BCUT2D eigenvalue weighted by atomic mass is 16.4. The molecule has 0 saturated heterocycles. The number of hydrogen-bond donors (Lipinski definition) is 1. The number of amides is 1. The van der Waals surface area contributed by atoms with Gasteiger partial charge in [0.25, 0.3) is 0 Å². The van der Waals surface area contributed by atoms with E-state index in [1.807, 2.05) is 37.3 Å². The highest BCUT2D eigenvalue weighted by Gasteiger charge is 2.18. The van der Waals surface area contributed by atoms with Crippen LogP contribution in [0.25, 0.3) is 11.0 Å². The van der Waals surface area contributed by atoms with Gasteiger partial charge in [-0.25, -0.2) is 4.79 Å². The quantitative estimate of drug-likeness (QED) is 0.592. The maximum Gasteiger partial charge on any atom is 0.336 e. The van der Waals surface area contributed by atoms with Gasteiger partial charge in [0.05, 0.1) is 6.54 Å². The largest absolute Gasteiger partial charge is 0.423 e. The lowest BCUT2D eigenvalue weighted by Crippen LogP contribution is -2.33. The predicted molar refractivity (Wildman–Crippen MR) is 120 cm³/mol. The predicted octanol–water partition coefficient (Wildman–Crippen LogP) is 4.44. The first-order valence-corrected chi connectivity index (χ1v) is 10.7. The van der Waals surface area contributed by atoms with E-state index in [-0.39, 0.29) is 18.1 Å². The molecule has 0 atom stereocenters. The molecule has 1 aliphatic carbocycles. The Morgan fingerprint density at radius 3 is 2.67 bits per heavy atom. The summed E-state index contributed by atoms with van der Waals surface area (Å²) in [5.41, 5.74) is 5.74. The fourth-order valence-corrected chi connectivity index (χ4v) is 4.30. The standard InChI is InChI=1S/C25H28N2O3/c1-3-11-27(16-24(28)26-22-10-5-4-7-17(22)2)15-20-14-25(29)30-23-13-19-9-6-8-18(19)12-21(20)23/h4-5,7,10,12-14H,3,6,8-9,11,15-16H2,1-2H3,(H,26,28). The summed E-state index contributed by atoms with van der Waals surface area (Å²) in [6.45, 7) is 5.66. The van der Waals surface area contributed by atoms with Crippen molar-refractivity contribution in [3.63, 3.8) is 0 Å². The number of carbonyl (C=O) groups is 1. The van der Waals surface area contributed by atoms with Crippen LogP contribution in [0.2, 0.25) is 0 Å². The average Bonchev–Trinajstić information content (AvgIpc) is 3.15. The minimum absolute atomic E-state index is 0.0501. The number of nitrogens with one attached hydrogen (secondary N) is 1. The Hall–Kier alpha value is -2.92. The van der Waals surface area contributed by atoms with Crippen LogP contribution in [0.3, 0.4) is 0 Å². The van der Waals surface area contributed by atoms with Crippen molar-refractivity contribution in [3.05, 3.63) is 75.1 Å². The molecule has 156 valence electrons. The van der Waals surface area contributed by atoms with E-state index in [2.05, 4.69) is 23.2 Å². The molecule has 1 N–H and O–H groups in total. The van der Waals surface area contributed by atoms with Crippen molar-refractivity contribution in [2.24, 2.45) is 0 Å². The first-order valence-electron chi connectivity index (χ1n) is 10.7. The SMILES string of the molecule is CCCN(CC(=O)Nc1ccccc1C)Cc1cc(=O)oc2cc3c(cc12)CCC3. The second kappa shape index (κ2) is 8.84. The van der Waals surface area contributed by atoms with Crippen molar-refractivity contribution in [1.82, 2.24) is 4.90 Å². The van der Waals surface area contributed by atoms with E-state index in [0.29, 0.717) is 12.1 Å². The van der Waals surface area contributed by atoms with Crippen LogP contribution in [0, 0.1) is 6.92 Å². The molecule has 4 rings (SSSR count). The van der Waals surface area contributed by atoms with Crippen molar-refractivity contribution in [1.29, 1.82) is 0 Å². The lowest BCUT2D eigenvalue weighted by molar-refractivity contribution is -0.117. The van der Waals surface area contributed by atoms with Gasteiger partial charge in [-0.05, 0) is 79.6 Å². The van der Waals surface area contributed by atoms with Crippen molar-refractivity contribution in [2.45, 2.75) is 46.1 Å². The van der Waals surface area contributed by atoms with Crippen molar-refractivity contribution >= 4 is 22.6 Å². The third-order valence-electron chi connectivity index (χ3n) is 5.76. The second-order valence-corrected chi connectivity index (χ2v) is 8.14. The highest BCUT2D eigenvalue weighted by Crippen LogP contribution is 2.29. The molecular formula is C25H28N2O3. The molecule has 1 heterocycles. The zero-order valence-corrected chi connectivity index (χ0v) is 17.7. The molecule has 0 unspecified atom stereocenters. The van der Waals surface area contributed by atoms with Gasteiger partial charge >= 0.3 is 5.63 Å². The Bertz CT molecular complexity index is 1130. The Kier molecular flexibility index (Phi) is 6.00. The van der Waals surface area contributed by atoms with E-state index in [4.69, 9.17) is 4.42 Å². The molecule has 1 aromatic heterocycles. The fourth-order valence-electron chi connectivity index (χ4n) is 4.30. The fraction of sp³-hybridized carbons (Fsp3) is 0.360. The molecule has 30 heavy (non-hydrogen) atoms. The number of aryl methyl sites for hydroxylation is 3. The summed E-state index contributed by atoms with van der Waals surface area (Å²) in [6, 6.07) is 13.5. The zero-order chi connectivity index (χ0) is 21.1. The molecule has 2 aromatic carbocycles. The van der Waals surface area contributed by atoms with Gasteiger partial charge in [0.1, 0.15) is 5.58 Å². The zero-order valence-electron chi connectivity index (χ0n) is 17.7. The molecule has 1 amide bonds. The summed E-state index contributed by atoms with van der Waals surface area (Å²) in [5, 5.41) is 3.99. The number of carbonyl (C=O) groups excluding carboxylic acids is 1. The highest BCUT2D eigenvalue weighted by molar-refractivity contribution is 5.93. The number of benzene rings is 2. The summed E-state index contributed by atoms with van der Waals surface area (Å²) in [7, 11) is 0. The normalized spacial score (nSPS) is 13.0. The van der Waals surface area contributed by atoms with Crippen LogP contribution < -0.4 is 10.9 Å². The van der Waals surface area contributed by atoms with Crippen molar-refractivity contribution in [2.75, 3.05) is 18.4 Å². The van der Waals surface area contributed by atoms with Gasteiger partial charge in [-0.2, -0.15) is 0 Å². The summed E-state index contributed by atoms with van der Waals surface area (Å²) in [5.74, 6) is -0.0501. The molecule has 0 saturated carbocycles. The summed E-state index contributed by atoms with van der Waals surface area (Å²) in [4.78, 5) is 27.0. The van der Waals surface area contributed by atoms with E-state index in [1.54, 1.807) is 6.07 Å². The molecule has 0 spiro atoms. The monoisotopic (exact) mass is 404 g/mol. The minimum atomic E-state index is -0.337. The number of anilines is 1. The van der Waals surface area contributed by atoms with E-state index in [9.17, 15) is 9.59 Å². The average molecular weight is 405 g/mol. The number of nitrogens with zero attached hydrogens (tertiary/aromatic N) is 1. The van der Waals surface area contributed by atoms with Crippen LogP contribution in [0.15, 0.2) is 51.7 Å². The maximum absolute atomic E-state index is 12.7. The van der Waals surface area contributed by atoms with Gasteiger partial charge in [-0.1, -0.05) is 25.1 Å². The summed E-state index contributed by atoms with van der Waals surface area (Å²) in [6.07, 6.45) is 4.18. The number of rotatable bonds is 7. The van der Waals surface area contributed by atoms with Crippen LogP contribution in [0.4, 0.5) is 5.69 Å². The third-order valence-corrected chi connectivity index (χ3v) is 5.76. The lowest BCUT2D eigenvalue weighted by atomic mass is 10.0. The molecule has 3 aromatic rings. The molecule has 0 fully saturated rings. The molecular weight excluding hydrogens is 376 g/mol. The van der Waals surface area contributed by atoms with E-state index in [0.717, 1.165) is 54.4 Å². The Balaban J connectivity index is 1.57. The van der Waals surface area contributed by atoms with Crippen LogP contribution >= 0.6 is 0 Å². The molecule has 0 radical (unpaired) electrons. The molecule has 1 aliphatic rings. The van der Waals surface area contributed by atoms with E-state index in [1.165, 1.54) is 11.1 Å². The van der Waals surface area contributed by atoms with Crippen molar-refractivity contribution in [3.8, 4) is 0 Å². The lowest BCUT2D eigenvalue weighted by Gasteiger charge is -2.22. The van der Waals surface area contributed by atoms with Gasteiger partial charge in [0.15, 0.2) is 0 Å². The molecule has 0 bridgehead atoms. The first kappa shape index (κ1) is 20.4. The maximum atomic E-state index is 12.7. The number of hydrogen-bond acceptors (Lipinski definition) is 4. The number of para-hydroxylation sites is 1. The van der Waals surface area contributed by atoms with Crippen LogP contribution in [-0.4, -0.2) is 23.9 Å². The molecule has 5 nitrogen and oxygen atoms in total. The van der Waals surface area contributed by atoms with Crippen LogP contribution in [0.5, 0.6) is 0 Å². The Labute approximate surface area is 176 Å². The topological polar surface area (TPSA) is 62.6 Å².